The van der Waals surface area contributed by atoms with Crippen LogP contribution in [0.2, 0.25) is 0 Å². The quantitative estimate of drug-likeness (QED) is 0.430. The fraction of sp³-hybridized carbons (Fsp3) is 0.316. The van der Waals surface area contributed by atoms with E-state index in [4.69, 9.17) is 14.2 Å². The molecule has 0 unspecified atom stereocenters. The van der Waals surface area contributed by atoms with Crippen LogP contribution >= 0.6 is 0 Å². The van der Waals surface area contributed by atoms with Gasteiger partial charge in [-0.1, -0.05) is 12.1 Å². The lowest BCUT2D eigenvalue weighted by Gasteiger charge is -2.15. The number of carbonyl (C=O) groups excluding carboxylic acids is 3. The Balaban J connectivity index is 2.18. The highest BCUT2D eigenvalue weighted by molar-refractivity contribution is 6.25. The average Bonchev–Trinajstić information content (AvgIpc) is 2.54. The summed E-state index contributed by atoms with van der Waals surface area (Å²) in [5, 5.41) is 0. The summed E-state index contributed by atoms with van der Waals surface area (Å²) in [6.45, 7) is 6.20. The number of esters is 1. The highest BCUT2D eigenvalue weighted by Gasteiger charge is 2.36. The van der Waals surface area contributed by atoms with E-state index >= 15 is 0 Å². The largest absolute Gasteiger partial charge is 0.490 e. The average molecular weight is 344 g/mol. The Bertz CT molecular complexity index is 744. The Morgan fingerprint density at radius 3 is 2.48 bits per heavy atom. The van der Waals surface area contributed by atoms with Gasteiger partial charge in [0.05, 0.1) is 13.2 Å². The van der Waals surface area contributed by atoms with Crippen molar-refractivity contribution in [3.05, 3.63) is 41.7 Å². The van der Waals surface area contributed by atoms with Crippen LogP contribution in [0.25, 0.3) is 6.08 Å². The number of cyclic esters (lactones) is 1. The van der Waals surface area contributed by atoms with Crippen LogP contribution in [0.1, 0.15) is 26.3 Å². The van der Waals surface area contributed by atoms with Gasteiger partial charge >= 0.3 is 5.97 Å². The molecular formula is C19H20O6. The zero-order chi connectivity index (χ0) is 18.4. The molecule has 25 heavy (non-hydrogen) atoms. The minimum atomic E-state index is -1.44. The lowest BCUT2D eigenvalue weighted by Crippen LogP contribution is -2.34. The molecule has 132 valence electrons. The molecule has 0 amide bonds. The summed E-state index contributed by atoms with van der Waals surface area (Å²) < 4.78 is 15.8. The van der Waals surface area contributed by atoms with E-state index in [1.54, 1.807) is 18.2 Å². The molecule has 0 spiro atoms. The number of carbonyl (C=O) groups is 3. The van der Waals surface area contributed by atoms with Crippen molar-refractivity contribution in [1.29, 1.82) is 0 Å². The van der Waals surface area contributed by atoms with Gasteiger partial charge in [0.15, 0.2) is 29.0 Å². The first-order valence-corrected chi connectivity index (χ1v) is 8.01. The predicted molar refractivity (Wildman–Crippen MR) is 91.2 cm³/mol. The Morgan fingerprint density at radius 2 is 1.84 bits per heavy atom. The Morgan fingerprint density at radius 1 is 1.16 bits per heavy atom. The lowest BCUT2D eigenvalue weighted by molar-refractivity contribution is -0.151. The summed E-state index contributed by atoms with van der Waals surface area (Å²) in [7, 11) is 0. The van der Waals surface area contributed by atoms with Crippen LogP contribution in [0.15, 0.2) is 36.1 Å². The van der Waals surface area contributed by atoms with Gasteiger partial charge in [0.25, 0.3) is 0 Å². The molecule has 0 aromatic heterocycles. The summed E-state index contributed by atoms with van der Waals surface area (Å²) in [5.74, 6) is -2.10. The molecule has 0 saturated carbocycles. The van der Waals surface area contributed by atoms with Crippen LogP contribution in [0.5, 0.6) is 11.5 Å². The first-order valence-electron chi connectivity index (χ1n) is 8.01. The minimum absolute atomic E-state index is 0.191. The van der Waals surface area contributed by atoms with Crippen LogP contribution in [0, 0.1) is 5.92 Å². The lowest BCUT2D eigenvalue weighted by atomic mass is 9.96. The first-order chi connectivity index (χ1) is 12.0. The van der Waals surface area contributed by atoms with Gasteiger partial charge in [0.2, 0.25) is 0 Å². The van der Waals surface area contributed by atoms with E-state index in [1.165, 1.54) is 19.1 Å². The van der Waals surface area contributed by atoms with E-state index in [0.29, 0.717) is 30.3 Å². The summed E-state index contributed by atoms with van der Waals surface area (Å²) in [6, 6.07) is 5.22. The molecule has 1 aromatic rings. The molecular weight excluding hydrogens is 324 g/mol. The van der Waals surface area contributed by atoms with E-state index in [-0.39, 0.29) is 5.76 Å². The van der Waals surface area contributed by atoms with Crippen LogP contribution in [-0.2, 0) is 19.1 Å². The smallest absolute Gasteiger partial charge is 0.329 e. The zero-order valence-electron chi connectivity index (χ0n) is 14.4. The maximum absolute atomic E-state index is 12.2. The number of ketones is 2. The van der Waals surface area contributed by atoms with Crippen molar-refractivity contribution in [1.82, 2.24) is 0 Å². The van der Waals surface area contributed by atoms with Gasteiger partial charge in [-0.2, -0.15) is 0 Å². The number of hydrogen-bond acceptors (Lipinski definition) is 6. The fourth-order valence-electron chi connectivity index (χ4n) is 2.35. The third-order valence-corrected chi connectivity index (χ3v) is 3.42. The Kier molecular flexibility index (Phi) is 6.11. The highest BCUT2D eigenvalue weighted by Crippen LogP contribution is 2.29. The topological polar surface area (TPSA) is 78.9 Å². The zero-order valence-corrected chi connectivity index (χ0v) is 14.4. The number of hydrogen-bond donors (Lipinski definition) is 0. The molecule has 0 radical (unpaired) electrons. The van der Waals surface area contributed by atoms with E-state index in [1.807, 2.05) is 13.8 Å². The van der Waals surface area contributed by atoms with Crippen LogP contribution in [0.4, 0.5) is 0 Å². The van der Waals surface area contributed by atoms with Crippen LogP contribution in [0.3, 0.4) is 0 Å². The molecule has 1 aromatic carbocycles. The summed E-state index contributed by atoms with van der Waals surface area (Å²) in [6.07, 6.45) is 3.87. The molecule has 0 fully saturated rings. The number of ether oxygens (including phenoxy) is 3. The van der Waals surface area contributed by atoms with Crippen molar-refractivity contribution in [2.75, 3.05) is 13.2 Å². The van der Waals surface area contributed by atoms with Crippen molar-refractivity contribution in [3.63, 3.8) is 0 Å². The molecule has 0 N–H and O–H groups in total. The minimum Gasteiger partial charge on any atom is -0.490 e. The third-order valence-electron chi connectivity index (χ3n) is 3.42. The molecule has 6 nitrogen and oxygen atoms in total. The highest BCUT2D eigenvalue weighted by atomic mass is 16.5. The molecule has 1 atom stereocenters. The van der Waals surface area contributed by atoms with Crippen molar-refractivity contribution in [2.24, 2.45) is 5.92 Å². The van der Waals surface area contributed by atoms with Crippen molar-refractivity contribution < 1.29 is 28.6 Å². The first kappa shape index (κ1) is 18.4. The normalized spacial score (nSPS) is 17.2. The second-order valence-corrected chi connectivity index (χ2v) is 5.32. The molecule has 0 bridgehead atoms. The van der Waals surface area contributed by atoms with Gasteiger partial charge in [-0.15, -0.1) is 0 Å². The molecule has 2 rings (SSSR count). The molecule has 1 aliphatic rings. The third kappa shape index (κ3) is 4.56. The summed E-state index contributed by atoms with van der Waals surface area (Å²) in [5.41, 5.74) is 0.684. The molecule has 0 aliphatic carbocycles. The molecule has 0 saturated heterocycles. The monoisotopic (exact) mass is 344 g/mol. The van der Waals surface area contributed by atoms with Gasteiger partial charge in [-0.3, -0.25) is 14.4 Å². The maximum atomic E-state index is 12.2. The second kappa shape index (κ2) is 8.28. The molecule has 1 heterocycles. The summed E-state index contributed by atoms with van der Waals surface area (Å²) >= 11 is 0. The number of rotatable bonds is 7. The van der Waals surface area contributed by atoms with Gasteiger partial charge in [0.1, 0.15) is 5.76 Å². The maximum Gasteiger partial charge on any atom is 0.329 e. The van der Waals surface area contributed by atoms with E-state index < -0.39 is 23.5 Å². The standard InChI is InChI=1S/C19H20O6/c1-4-23-16-9-7-13(11-17(16)24-5-2)6-8-14(20)18-15(21)10-12(3)25-19(18)22/h6-11,18H,4-5H2,1-3H3/b8-6+/t18-/m0/s1. The van der Waals surface area contributed by atoms with Crippen molar-refractivity contribution >= 4 is 23.6 Å². The second-order valence-electron chi connectivity index (χ2n) is 5.32. The van der Waals surface area contributed by atoms with Gasteiger partial charge in [-0.05, 0) is 44.5 Å². The summed E-state index contributed by atoms with van der Waals surface area (Å²) in [4.78, 5) is 35.8. The SMILES string of the molecule is CCOc1ccc(/C=C/C(=O)[C@H]2C(=O)C=C(C)OC2=O)cc1OCC. The predicted octanol–water partition coefficient (Wildman–Crippen LogP) is 2.71. The Labute approximate surface area is 146 Å². The van der Waals surface area contributed by atoms with Gasteiger partial charge in [0, 0.05) is 6.08 Å². The number of allylic oxidation sites excluding steroid dienone is 3. The van der Waals surface area contributed by atoms with Gasteiger partial charge < -0.3 is 14.2 Å². The number of benzene rings is 1. The molecule has 6 heteroatoms. The van der Waals surface area contributed by atoms with Gasteiger partial charge in [-0.25, -0.2) is 0 Å². The van der Waals surface area contributed by atoms with Crippen molar-refractivity contribution in [2.45, 2.75) is 20.8 Å². The van der Waals surface area contributed by atoms with Crippen molar-refractivity contribution in [3.8, 4) is 11.5 Å². The van der Waals surface area contributed by atoms with E-state index in [0.717, 1.165) is 6.08 Å². The Hall–Kier alpha value is -2.89. The molecule has 1 aliphatic heterocycles. The fourth-order valence-corrected chi connectivity index (χ4v) is 2.35. The van der Waals surface area contributed by atoms with Crippen LogP contribution in [-0.4, -0.2) is 30.7 Å². The van der Waals surface area contributed by atoms with Crippen LogP contribution < -0.4 is 9.47 Å². The van der Waals surface area contributed by atoms with E-state index in [2.05, 4.69) is 0 Å². The van der Waals surface area contributed by atoms with E-state index in [9.17, 15) is 14.4 Å².